The third-order valence-electron chi connectivity index (χ3n) is 3.78. The molecule has 1 atom stereocenters. The van der Waals surface area contributed by atoms with Crippen LogP contribution in [0.2, 0.25) is 0 Å². The predicted molar refractivity (Wildman–Crippen MR) is 84.4 cm³/mol. The van der Waals surface area contributed by atoms with Gasteiger partial charge in [-0.3, -0.25) is 4.79 Å². The summed E-state index contributed by atoms with van der Waals surface area (Å²) in [5.41, 5.74) is 5.99. The fourth-order valence-electron chi connectivity index (χ4n) is 2.37. The highest BCUT2D eigenvalue weighted by Gasteiger charge is 2.17. The standard InChI is InChI=1S/C18H19ClO/c1-12-4-7-15(8-5-12)17(11-18(19)20)16-9-6-13(2)14(3)10-16/h4-10,17H,11H2,1-3H3. The zero-order valence-corrected chi connectivity index (χ0v) is 12.9. The van der Waals surface area contributed by atoms with Crippen molar-refractivity contribution in [2.24, 2.45) is 0 Å². The van der Waals surface area contributed by atoms with Crippen LogP contribution in [0.1, 0.15) is 40.2 Å². The average Bonchev–Trinajstić information content (AvgIpc) is 2.40. The van der Waals surface area contributed by atoms with Gasteiger partial charge in [-0.05, 0) is 54.6 Å². The molecule has 1 unspecified atom stereocenters. The normalized spacial score (nSPS) is 12.2. The van der Waals surface area contributed by atoms with Crippen LogP contribution < -0.4 is 0 Å². The minimum Gasteiger partial charge on any atom is -0.281 e. The number of hydrogen-bond donors (Lipinski definition) is 0. The summed E-state index contributed by atoms with van der Waals surface area (Å²) in [5.74, 6) is 0.0277. The summed E-state index contributed by atoms with van der Waals surface area (Å²) in [6.07, 6.45) is 0.327. The highest BCUT2D eigenvalue weighted by molar-refractivity contribution is 6.63. The largest absolute Gasteiger partial charge is 0.281 e. The van der Waals surface area contributed by atoms with E-state index < -0.39 is 0 Å². The molecule has 0 spiro atoms. The molecular formula is C18H19ClO. The lowest BCUT2D eigenvalue weighted by Gasteiger charge is -2.17. The van der Waals surface area contributed by atoms with Gasteiger partial charge in [0.15, 0.2) is 0 Å². The second kappa shape index (κ2) is 6.23. The number of rotatable bonds is 4. The van der Waals surface area contributed by atoms with Gasteiger partial charge in [0.05, 0.1) is 0 Å². The molecule has 2 aromatic carbocycles. The minimum atomic E-state index is -0.297. The molecule has 2 rings (SSSR count). The summed E-state index contributed by atoms with van der Waals surface area (Å²) in [6.45, 7) is 6.24. The molecule has 1 nitrogen and oxygen atoms in total. The van der Waals surface area contributed by atoms with E-state index in [-0.39, 0.29) is 11.2 Å². The van der Waals surface area contributed by atoms with Crippen LogP contribution in [0.4, 0.5) is 0 Å². The first kappa shape index (κ1) is 14.8. The van der Waals surface area contributed by atoms with E-state index in [0.29, 0.717) is 6.42 Å². The molecule has 2 heteroatoms. The fourth-order valence-corrected chi connectivity index (χ4v) is 2.52. The predicted octanol–water partition coefficient (Wildman–Crippen LogP) is 4.90. The monoisotopic (exact) mass is 286 g/mol. The molecule has 0 amide bonds. The average molecular weight is 287 g/mol. The zero-order chi connectivity index (χ0) is 14.7. The van der Waals surface area contributed by atoms with Crippen molar-refractivity contribution in [3.8, 4) is 0 Å². The molecule has 0 aliphatic rings. The van der Waals surface area contributed by atoms with E-state index >= 15 is 0 Å². The van der Waals surface area contributed by atoms with Crippen molar-refractivity contribution in [3.05, 3.63) is 70.3 Å². The van der Waals surface area contributed by atoms with Crippen molar-refractivity contribution in [3.63, 3.8) is 0 Å². The first-order valence-corrected chi connectivity index (χ1v) is 7.17. The maximum atomic E-state index is 11.4. The lowest BCUT2D eigenvalue weighted by Crippen LogP contribution is -2.05. The van der Waals surface area contributed by atoms with E-state index in [1.165, 1.54) is 16.7 Å². The van der Waals surface area contributed by atoms with E-state index in [0.717, 1.165) is 11.1 Å². The molecule has 0 aliphatic heterocycles. The Morgan fingerprint density at radius 1 is 0.950 bits per heavy atom. The highest BCUT2D eigenvalue weighted by atomic mass is 35.5. The Morgan fingerprint density at radius 2 is 1.55 bits per heavy atom. The number of aryl methyl sites for hydroxylation is 3. The Bertz CT molecular complexity index is 614. The van der Waals surface area contributed by atoms with Gasteiger partial charge in [-0.25, -0.2) is 0 Å². The summed E-state index contributed by atoms with van der Waals surface area (Å²) >= 11 is 5.64. The molecule has 2 aromatic rings. The van der Waals surface area contributed by atoms with Crippen LogP contribution in [0.3, 0.4) is 0 Å². The van der Waals surface area contributed by atoms with Crippen LogP contribution in [0.15, 0.2) is 42.5 Å². The van der Waals surface area contributed by atoms with Gasteiger partial charge in [-0.15, -0.1) is 0 Å². The number of hydrogen-bond acceptors (Lipinski definition) is 1. The minimum absolute atomic E-state index is 0.0277. The Morgan fingerprint density at radius 3 is 2.10 bits per heavy atom. The van der Waals surface area contributed by atoms with E-state index in [4.69, 9.17) is 11.6 Å². The summed E-state index contributed by atoms with van der Waals surface area (Å²) in [4.78, 5) is 11.4. The molecule has 104 valence electrons. The smallest absolute Gasteiger partial charge is 0.222 e. The maximum absolute atomic E-state index is 11.4. The van der Waals surface area contributed by atoms with E-state index in [9.17, 15) is 4.79 Å². The molecule has 0 fully saturated rings. The third kappa shape index (κ3) is 3.49. The Kier molecular flexibility index (Phi) is 4.61. The van der Waals surface area contributed by atoms with Gasteiger partial charge in [-0.1, -0.05) is 48.0 Å². The van der Waals surface area contributed by atoms with Gasteiger partial charge in [0, 0.05) is 12.3 Å². The van der Waals surface area contributed by atoms with E-state index in [2.05, 4.69) is 63.2 Å². The number of carbonyl (C=O) groups excluding carboxylic acids is 1. The fraction of sp³-hybridized carbons (Fsp3) is 0.278. The van der Waals surface area contributed by atoms with Gasteiger partial charge in [0.25, 0.3) is 0 Å². The summed E-state index contributed by atoms with van der Waals surface area (Å²) < 4.78 is 0. The Labute approximate surface area is 125 Å². The molecular weight excluding hydrogens is 268 g/mol. The number of halogens is 1. The van der Waals surface area contributed by atoms with Crippen molar-refractivity contribution in [1.29, 1.82) is 0 Å². The van der Waals surface area contributed by atoms with Gasteiger partial charge in [-0.2, -0.15) is 0 Å². The molecule has 0 N–H and O–H groups in total. The summed E-state index contributed by atoms with van der Waals surface area (Å²) in [5, 5.41) is -0.297. The molecule has 0 saturated heterocycles. The summed E-state index contributed by atoms with van der Waals surface area (Å²) in [6, 6.07) is 14.6. The van der Waals surface area contributed by atoms with Crippen LogP contribution in [-0.4, -0.2) is 5.24 Å². The third-order valence-corrected chi connectivity index (χ3v) is 3.93. The van der Waals surface area contributed by atoms with Crippen LogP contribution >= 0.6 is 11.6 Å². The molecule has 0 heterocycles. The van der Waals surface area contributed by atoms with Crippen LogP contribution in [0, 0.1) is 20.8 Å². The molecule has 0 bridgehead atoms. The molecule has 0 saturated carbocycles. The molecule has 0 aliphatic carbocycles. The topological polar surface area (TPSA) is 17.1 Å². The SMILES string of the molecule is Cc1ccc(C(CC(=O)Cl)c2ccc(C)c(C)c2)cc1. The van der Waals surface area contributed by atoms with Crippen LogP contribution in [0.25, 0.3) is 0 Å². The second-order valence-corrected chi connectivity index (χ2v) is 5.79. The van der Waals surface area contributed by atoms with Crippen molar-refractivity contribution in [1.82, 2.24) is 0 Å². The van der Waals surface area contributed by atoms with Gasteiger partial charge in [0.2, 0.25) is 5.24 Å². The Balaban J connectivity index is 2.43. The van der Waals surface area contributed by atoms with Crippen molar-refractivity contribution >= 4 is 16.8 Å². The lowest BCUT2D eigenvalue weighted by molar-refractivity contribution is -0.111. The molecule has 0 aromatic heterocycles. The number of carbonyl (C=O) groups is 1. The van der Waals surface area contributed by atoms with Crippen LogP contribution in [0.5, 0.6) is 0 Å². The van der Waals surface area contributed by atoms with Crippen LogP contribution in [-0.2, 0) is 4.79 Å². The van der Waals surface area contributed by atoms with Crippen molar-refractivity contribution in [2.45, 2.75) is 33.1 Å². The lowest BCUT2D eigenvalue weighted by atomic mass is 9.87. The van der Waals surface area contributed by atoms with Crippen molar-refractivity contribution in [2.75, 3.05) is 0 Å². The second-order valence-electron chi connectivity index (χ2n) is 5.37. The first-order valence-electron chi connectivity index (χ1n) is 6.79. The quantitative estimate of drug-likeness (QED) is 0.731. The highest BCUT2D eigenvalue weighted by Crippen LogP contribution is 2.30. The first-order chi connectivity index (χ1) is 9.47. The molecule has 0 radical (unpaired) electrons. The molecule has 20 heavy (non-hydrogen) atoms. The Hall–Kier alpha value is -1.60. The van der Waals surface area contributed by atoms with Gasteiger partial charge < -0.3 is 0 Å². The van der Waals surface area contributed by atoms with E-state index in [1.54, 1.807) is 0 Å². The van der Waals surface area contributed by atoms with E-state index in [1.807, 2.05) is 0 Å². The maximum Gasteiger partial charge on any atom is 0.222 e. The van der Waals surface area contributed by atoms with Gasteiger partial charge in [0.1, 0.15) is 0 Å². The number of benzene rings is 2. The zero-order valence-electron chi connectivity index (χ0n) is 12.1. The van der Waals surface area contributed by atoms with Gasteiger partial charge >= 0.3 is 0 Å². The summed E-state index contributed by atoms with van der Waals surface area (Å²) in [7, 11) is 0. The van der Waals surface area contributed by atoms with Crippen molar-refractivity contribution < 1.29 is 4.79 Å².